The van der Waals surface area contributed by atoms with E-state index in [1.807, 2.05) is 11.0 Å². The van der Waals surface area contributed by atoms with E-state index in [0.717, 1.165) is 24.9 Å². The number of likely N-dealkylation sites (tertiary alicyclic amines) is 1. The van der Waals surface area contributed by atoms with Gasteiger partial charge >= 0.3 is 0 Å². The van der Waals surface area contributed by atoms with Crippen LogP contribution < -0.4 is 5.32 Å². The smallest absolute Gasteiger partial charge is 0.291 e. The average molecular weight is 394 g/mol. The molecule has 8 heteroatoms. The first-order chi connectivity index (χ1) is 14.0. The van der Waals surface area contributed by atoms with Crippen LogP contribution in [0.1, 0.15) is 39.1 Å². The first-order valence-corrected chi connectivity index (χ1v) is 9.86. The largest absolute Gasteiger partial charge is 0.449 e. The van der Waals surface area contributed by atoms with Gasteiger partial charge in [0.25, 0.3) is 11.8 Å². The molecule has 2 aliphatic rings. The Morgan fingerprint density at radius 3 is 2.72 bits per heavy atom. The number of oxazole rings is 1. The Balaban J connectivity index is 1.10. The molecule has 5 rings (SSSR count). The molecule has 1 aliphatic carbocycles. The molecule has 2 amide bonds. The van der Waals surface area contributed by atoms with Gasteiger partial charge in [-0.1, -0.05) is 0 Å². The maximum Gasteiger partial charge on any atom is 0.291 e. The van der Waals surface area contributed by atoms with E-state index in [9.17, 15) is 9.59 Å². The van der Waals surface area contributed by atoms with Gasteiger partial charge in [0.2, 0.25) is 5.76 Å². The third kappa shape index (κ3) is 3.18. The van der Waals surface area contributed by atoms with Crippen LogP contribution in [0.5, 0.6) is 0 Å². The van der Waals surface area contributed by atoms with Gasteiger partial charge in [-0.15, -0.1) is 0 Å². The number of hydrogen-bond donors (Lipinski definition) is 1. The van der Waals surface area contributed by atoms with Crippen molar-refractivity contribution in [1.29, 1.82) is 0 Å². The van der Waals surface area contributed by atoms with Crippen molar-refractivity contribution in [2.45, 2.75) is 20.3 Å². The molecule has 1 unspecified atom stereocenters. The highest BCUT2D eigenvalue weighted by molar-refractivity contribution is 5.95. The van der Waals surface area contributed by atoms with Crippen LogP contribution in [-0.4, -0.2) is 46.3 Å². The summed E-state index contributed by atoms with van der Waals surface area (Å²) in [5.74, 6) is 2.48. The van der Waals surface area contributed by atoms with E-state index in [1.54, 1.807) is 32.3 Å². The van der Waals surface area contributed by atoms with Crippen molar-refractivity contribution < 1.29 is 18.4 Å². The molecule has 3 aromatic heterocycles. The SMILES string of the molecule is Cc1nc(C)c(C(=O)N2C[C@@H]3C(CCNC(=O)c4cc5ccncc5o4)[C@@H]3C2)o1. The second-order valence-electron chi connectivity index (χ2n) is 7.92. The lowest BCUT2D eigenvalue weighted by atomic mass is 10.2. The summed E-state index contributed by atoms with van der Waals surface area (Å²) < 4.78 is 11.0. The van der Waals surface area contributed by atoms with Crippen molar-refractivity contribution in [3.8, 4) is 0 Å². The molecule has 29 heavy (non-hydrogen) atoms. The predicted octanol–water partition coefficient (Wildman–Crippen LogP) is 2.57. The van der Waals surface area contributed by atoms with Gasteiger partial charge in [-0.05, 0) is 43.2 Å². The van der Waals surface area contributed by atoms with E-state index in [4.69, 9.17) is 8.83 Å². The summed E-state index contributed by atoms with van der Waals surface area (Å²) in [5.41, 5.74) is 1.25. The van der Waals surface area contributed by atoms with Crippen molar-refractivity contribution in [2.24, 2.45) is 17.8 Å². The van der Waals surface area contributed by atoms with Crippen molar-refractivity contribution in [1.82, 2.24) is 20.2 Å². The number of hydrogen-bond acceptors (Lipinski definition) is 6. The maximum absolute atomic E-state index is 12.6. The van der Waals surface area contributed by atoms with Gasteiger partial charge in [-0.25, -0.2) is 4.98 Å². The molecule has 0 bridgehead atoms. The molecule has 0 aromatic carbocycles. The molecule has 1 saturated heterocycles. The van der Waals surface area contributed by atoms with Crippen LogP contribution in [-0.2, 0) is 0 Å². The van der Waals surface area contributed by atoms with Crippen LogP contribution in [0, 0.1) is 31.6 Å². The fourth-order valence-corrected chi connectivity index (χ4v) is 4.55. The zero-order chi connectivity index (χ0) is 20.1. The Kier molecular flexibility index (Phi) is 4.15. The van der Waals surface area contributed by atoms with Gasteiger partial charge in [0.05, 0.1) is 11.9 Å². The van der Waals surface area contributed by atoms with Crippen LogP contribution in [0.4, 0.5) is 0 Å². The topological polar surface area (TPSA) is 101 Å². The molecule has 3 atom stereocenters. The fraction of sp³-hybridized carbons (Fsp3) is 0.429. The van der Waals surface area contributed by atoms with Crippen LogP contribution >= 0.6 is 0 Å². The predicted molar refractivity (Wildman–Crippen MR) is 103 cm³/mol. The normalized spacial score (nSPS) is 22.7. The van der Waals surface area contributed by atoms with Gasteiger partial charge in [-0.2, -0.15) is 0 Å². The number of rotatable bonds is 5. The van der Waals surface area contributed by atoms with E-state index >= 15 is 0 Å². The molecule has 0 spiro atoms. The molecule has 3 aromatic rings. The summed E-state index contributed by atoms with van der Waals surface area (Å²) >= 11 is 0. The minimum absolute atomic E-state index is 0.0678. The van der Waals surface area contributed by atoms with Crippen LogP contribution in [0.15, 0.2) is 33.4 Å². The maximum atomic E-state index is 12.6. The summed E-state index contributed by atoms with van der Waals surface area (Å²) in [6.07, 6.45) is 4.18. The highest BCUT2D eigenvalue weighted by atomic mass is 16.4. The quantitative estimate of drug-likeness (QED) is 0.714. The molecule has 0 radical (unpaired) electrons. The number of furan rings is 1. The summed E-state index contributed by atoms with van der Waals surface area (Å²) in [7, 11) is 0. The second kappa shape index (κ2) is 6.72. The first kappa shape index (κ1) is 17.9. The number of aromatic nitrogens is 2. The summed E-state index contributed by atoms with van der Waals surface area (Å²) in [6, 6.07) is 3.55. The lowest BCUT2D eigenvalue weighted by molar-refractivity contribution is 0.0733. The molecule has 4 heterocycles. The Labute approximate surface area is 167 Å². The number of fused-ring (bicyclic) bond motifs is 2. The van der Waals surface area contributed by atoms with Crippen molar-refractivity contribution >= 4 is 22.8 Å². The molecule has 1 aliphatic heterocycles. The summed E-state index contributed by atoms with van der Waals surface area (Å²) in [5, 5.41) is 3.80. The number of pyridine rings is 1. The average Bonchev–Trinajstić information content (AvgIpc) is 3.11. The van der Waals surface area contributed by atoms with E-state index in [1.165, 1.54) is 0 Å². The van der Waals surface area contributed by atoms with Gasteiger partial charge in [0, 0.05) is 38.1 Å². The fourth-order valence-electron chi connectivity index (χ4n) is 4.55. The van der Waals surface area contributed by atoms with E-state index in [2.05, 4.69) is 15.3 Å². The third-order valence-corrected chi connectivity index (χ3v) is 6.07. The van der Waals surface area contributed by atoms with Gasteiger partial charge in [-0.3, -0.25) is 14.6 Å². The molecular weight excluding hydrogens is 372 g/mol. The minimum atomic E-state index is -0.208. The lowest BCUT2D eigenvalue weighted by Crippen LogP contribution is -2.32. The molecule has 1 N–H and O–H groups in total. The first-order valence-electron chi connectivity index (χ1n) is 9.86. The summed E-state index contributed by atoms with van der Waals surface area (Å²) in [6.45, 7) is 5.64. The number of amides is 2. The molecular formula is C21H22N4O4. The zero-order valence-corrected chi connectivity index (χ0v) is 16.3. The van der Waals surface area contributed by atoms with E-state index < -0.39 is 0 Å². The van der Waals surface area contributed by atoms with Crippen LogP contribution in [0.3, 0.4) is 0 Å². The minimum Gasteiger partial charge on any atom is -0.449 e. The number of piperidine rings is 1. The Morgan fingerprint density at radius 1 is 1.24 bits per heavy atom. The Hall–Kier alpha value is -3.16. The number of aryl methyl sites for hydroxylation is 2. The number of carbonyl (C=O) groups excluding carboxylic acids is 2. The van der Waals surface area contributed by atoms with Gasteiger partial charge in [0.1, 0.15) is 0 Å². The van der Waals surface area contributed by atoms with E-state index in [-0.39, 0.29) is 11.8 Å². The number of nitrogens with zero attached hydrogens (tertiary/aromatic N) is 3. The molecule has 8 nitrogen and oxygen atoms in total. The van der Waals surface area contributed by atoms with Gasteiger partial charge in [0.15, 0.2) is 17.2 Å². The highest BCUT2D eigenvalue weighted by Crippen LogP contribution is 2.53. The highest BCUT2D eigenvalue weighted by Gasteiger charge is 2.56. The lowest BCUT2D eigenvalue weighted by Gasteiger charge is -2.18. The van der Waals surface area contributed by atoms with Crippen LogP contribution in [0.2, 0.25) is 0 Å². The third-order valence-electron chi connectivity index (χ3n) is 6.07. The monoisotopic (exact) mass is 394 g/mol. The van der Waals surface area contributed by atoms with Crippen LogP contribution in [0.25, 0.3) is 11.0 Å². The standard InChI is InChI=1S/C21H22N4O4/c1-11-19(28-12(2)24-11)21(27)25-9-15-14(16(15)10-25)4-6-23-20(26)17-7-13-3-5-22-8-18(13)29-17/h3,5,7-8,14-16H,4,6,9-10H2,1-2H3,(H,23,26)/t14?,15-,16+. The number of nitrogens with one attached hydrogen (secondary N) is 1. The van der Waals surface area contributed by atoms with Gasteiger partial charge < -0.3 is 19.1 Å². The molecule has 1 saturated carbocycles. The Bertz CT molecular complexity index is 1060. The molecule has 2 fully saturated rings. The van der Waals surface area contributed by atoms with Crippen molar-refractivity contribution in [3.05, 3.63) is 47.6 Å². The molecule has 150 valence electrons. The Morgan fingerprint density at radius 2 is 2.03 bits per heavy atom. The van der Waals surface area contributed by atoms with Crippen molar-refractivity contribution in [2.75, 3.05) is 19.6 Å². The van der Waals surface area contributed by atoms with E-state index in [0.29, 0.717) is 53.0 Å². The second-order valence-corrected chi connectivity index (χ2v) is 7.92. The zero-order valence-electron chi connectivity index (χ0n) is 16.3. The number of carbonyl (C=O) groups is 2. The van der Waals surface area contributed by atoms with Crippen molar-refractivity contribution in [3.63, 3.8) is 0 Å². The summed E-state index contributed by atoms with van der Waals surface area (Å²) in [4.78, 5) is 34.9.